The summed E-state index contributed by atoms with van der Waals surface area (Å²) in [7, 11) is 0. The summed E-state index contributed by atoms with van der Waals surface area (Å²) in [6.07, 6.45) is -0.671. The lowest BCUT2D eigenvalue weighted by atomic mass is 9.96. The average molecular weight is 307 g/mol. The number of benzene rings is 1. The Hall–Kier alpha value is -1.88. The number of aliphatic hydroxyl groups excluding tert-OH is 1. The number of aliphatic carboxylic acids is 1. The lowest BCUT2D eigenvalue weighted by molar-refractivity contribution is -0.143. The number of rotatable bonds is 7. The fourth-order valence-corrected chi connectivity index (χ4v) is 2.40. The smallest absolute Gasteiger partial charge is 0.326 e. The maximum Gasteiger partial charge on any atom is 0.326 e. The summed E-state index contributed by atoms with van der Waals surface area (Å²) in [5.74, 6) is -1.58. The number of carbonyl (C=O) groups is 2. The number of carboxylic acids is 1. The molecule has 0 aromatic heterocycles. The van der Waals surface area contributed by atoms with Crippen LogP contribution in [0.3, 0.4) is 0 Å². The van der Waals surface area contributed by atoms with Crippen molar-refractivity contribution >= 4 is 11.9 Å². The maximum atomic E-state index is 11.9. The van der Waals surface area contributed by atoms with Crippen molar-refractivity contribution in [1.29, 1.82) is 0 Å². The molecule has 0 aliphatic heterocycles. The van der Waals surface area contributed by atoms with E-state index in [4.69, 9.17) is 0 Å². The monoisotopic (exact) mass is 307 g/mol. The van der Waals surface area contributed by atoms with Crippen molar-refractivity contribution in [3.8, 4) is 0 Å². The molecule has 0 radical (unpaired) electrons. The summed E-state index contributed by atoms with van der Waals surface area (Å²) in [6.45, 7) is 7.61. The minimum absolute atomic E-state index is 0.155. The zero-order valence-electron chi connectivity index (χ0n) is 13.6. The van der Waals surface area contributed by atoms with Gasteiger partial charge in [-0.2, -0.15) is 0 Å². The molecule has 0 saturated carbocycles. The van der Waals surface area contributed by atoms with Crippen molar-refractivity contribution in [2.45, 2.75) is 52.7 Å². The molecule has 122 valence electrons. The van der Waals surface area contributed by atoms with E-state index in [1.807, 2.05) is 45.9 Å². The molecule has 1 aromatic carbocycles. The summed E-state index contributed by atoms with van der Waals surface area (Å²) >= 11 is 0. The van der Waals surface area contributed by atoms with Gasteiger partial charge in [0.25, 0.3) is 0 Å². The van der Waals surface area contributed by atoms with E-state index in [2.05, 4.69) is 5.32 Å². The van der Waals surface area contributed by atoms with Gasteiger partial charge in [0.15, 0.2) is 0 Å². The Bertz CT molecular complexity index is 519. The Labute approximate surface area is 131 Å². The van der Waals surface area contributed by atoms with Crippen LogP contribution in [0.15, 0.2) is 18.2 Å². The molecule has 2 atom stereocenters. The zero-order valence-corrected chi connectivity index (χ0v) is 13.6. The molecule has 1 aromatic rings. The molecule has 0 spiro atoms. The predicted molar refractivity (Wildman–Crippen MR) is 84.6 cm³/mol. The van der Waals surface area contributed by atoms with Crippen LogP contribution < -0.4 is 5.32 Å². The van der Waals surface area contributed by atoms with Crippen LogP contribution in [0.4, 0.5) is 0 Å². The van der Waals surface area contributed by atoms with Gasteiger partial charge < -0.3 is 15.5 Å². The fraction of sp³-hybridized carbons (Fsp3) is 0.529. The fourth-order valence-electron chi connectivity index (χ4n) is 2.40. The minimum Gasteiger partial charge on any atom is -0.480 e. The van der Waals surface area contributed by atoms with Crippen molar-refractivity contribution in [3.63, 3.8) is 0 Å². The van der Waals surface area contributed by atoms with Gasteiger partial charge in [0.05, 0.1) is 0 Å². The number of carbonyl (C=O) groups excluding carboxylic acids is 1. The largest absolute Gasteiger partial charge is 0.480 e. The third-order valence-electron chi connectivity index (χ3n) is 3.66. The molecule has 1 amide bonds. The van der Waals surface area contributed by atoms with Gasteiger partial charge in [-0.25, -0.2) is 4.79 Å². The normalized spacial score (nSPS) is 13.7. The van der Waals surface area contributed by atoms with Crippen molar-refractivity contribution in [3.05, 3.63) is 34.9 Å². The third kappa shape index (κ3) is 5.15. The number of hydrogen-bond donors (Lipinski definition) is 3. The molecule has 22 heavy (non-hydrogen) atoms. The highest BCUT2D eigenvalue weighted by atomic mass is 16.4. The second-order valence-corrected chi connectivity index (χ2v) is 6.12. The Balaban J connectivity index is 2.83. The number of carboxylic acid groups (broad SMARTS) is 1. The standard InChI is InChI=1S/C17H25NO4/c1-10(2)8-15(19)16(20)18-14(17(21)22)9-13-11(3)6-5-7-12(13)4/h5-7,10,14-15,19H,8-9H2,1-4H3,(H,18,20)(H,21,22)/t14-,15-/m1/s1. The molecule has 0 aliphatic rings. The quantitative estimate of drug-likeness (QED) is 0.717. The number of aryl methyl sites for hydroxylation is 2. The van der Waals surface area contributed by atoms with Crippen LogP contribution in [0.1, 0.15) is 37.0 Å². The highest BCUT2D eigenvalue weighted by Gasteiger charge is 2.25. The van der Waals surface area contributed by atoms with Crippen molar-refractivity contribution in [1.82, 2.24) is 5.32 Å². The Morgan fingerprint density at radius 2 is 1.73 bits per heavy atom. The lowest BCUT2D eigenvalue weighted by Crippen LogP contribution is -2.47. The van der Waals surface area contributed by atoms with E-state index in [-0.39, 0.29) is 12.3 Å². The van der Waals surface area contributed by atoms with Gasteiger partial charge >= 0.3 is 5.97 Å². The third-order valence-corrected chi connectivity index (χ3v) is 3.66. The maximum absolute atomic E-state index is 11.9. The van der Waals surface area contributed by atoms with E-state index in [1.54, 1.807) is 0 Å². The molecule has 0 bridgehead atoms. The van der Waals surface area contributed by atoms with Gasteiger partial charge in [-0.05, 0) is 42.9 Å². The van der Waals surface area contributed by atoms with Gasteiger partial charge in [0, 0.05) is 6.42 Å². The van der Waals surface area contributed by atoms with E-state index < -0.39 is 24.0 Å². The van der Waals surface area contributed by atoms with Crippen LogP contribution >= 0.6 is 0 Å². The second-order valence-electron chi connectivity index (χ2n) is 6.12. The predicted octanol–water partition coefficient (Wildman–Crippen LogP) is 1.82. The van der Waals surface area contributed by atoms with Crippen molar-refractivity contribution < 1.29 is 19.8 Å². The minimum atomic E-state index is -1.18. The summed E-state index contributed by atoms with van der Waals surface area (Å²) in [6, 6.07) is 4.69. The molecule has 0 unspecified atom stereocenters. The highest BCUT2D eigenvalue weighted by molar-refractivity contribution is 5.86. The molecular weight excluding hydrogens is 282 g/mol. The van der Waals surface area contributed by atoms with Crippen LogP contribution in [0.2, 0.25) is 0 Å². The van der Waals surface area contributed by atoms with Gasteiger partial charge in [-0.3, -0.25) is 4.79 Å². The van der Waals surface area contributed by atoms with Crippen molar-refractivity contribution in [2.24, 2.45) is 5.92 Å². The van der Waals surface area contributed by atoms with Crippen LogP contribution in [0, 0.1) is 19.8 Å². The van der Waals surface area contributed by atoms with E-state index in [0.29, 0.717) is 6.42 Å². The van der Waals surface area contributed by atoms with Crippen LogP contribution in [0.5, 0.6) is 0 Å². The zero-order chi connectivity index (χ0) is 16.9. The van der Waals surface area contributed by atoms with Crippen LogP contribution in [-0.2, 0) is 16.0 Å². The van der Waals surface area contributed by atoms with Crippen molar-refractivity contribution in [2.75, 3.05) is 0 Å². The Morgan fingerprint density at radius 3 is 2.18 bits per heavy atom. The molecule has 5 nitrogen and oxygen atoms in total. The molecule has 3 N–H and O–H groups in total. The SMILES string of the molecule is Cc1cccc(C)c1C[C@@H](NC(=O)[C@H](O)CC(C)C)C(=O)O. The molecule has 5 heteroatoms. The first-order valence-corrected chi connectivity index (χ1v) is 7.48. The van der Waals surface area contributed by atoms with Crippen LogP contribution in [0.25, 0.3) is 0 Å². The summed E-state index contributed by atoms with van der Waals surface area (Å²) in [4.78, 5) is 23.3. The van der Waals surface area contributed by atoms with Gasteiger partial charge in [0.2, 0.25) is 5.91 Å². The number of amides is 1. The second kappa shape index (κ2) is 7.94. The summed E-state index contributed by atoms with van der Waals surface area (Å²) in [5, 5.41) is 21.6. The van der Waals surface area contributed by atoms with E-state index in [0.717, 1.165) is 16.7 Å². The average Bonchev–Trinajstić information content (AvgIpc) is 2.40. The first-order chi connectivity index (χ1) is 10.2. The molecule has 1 rings (SSSR count). The van der Waals surface area contributed by atoms with Gasteiger partial charge in [-0.1, -0.05) is 32.0 Å². The first kappa shape index (κ1) is 18.2. The highest BCUT2D eigenvalue weighted by Crippen LogP contribution is 2.16. The number of nitrogens with one attached hydrogen (secondary N) is 1. The molecule has 0 heterocycles. The van der Waals surface area contributed by atoms with Gasteiger partial charge in [-0.15, -0.1) is 0 Å². The Morgan fingerprint density at radius 1 is 1.18 bits per heavy atom. The summed E-state index contributed by atoms with van der Waals surface area (Å²) < 4.78 is 0. The number of hydrogen-bond acceptors (Lipinski definition) is 3. The van der Waals surface area contributed by atoms with Crippen LogP contribution in [-0.4, -0.2) is 34.2 Å². The van der Waals surface area contributed by atoms with E-state index >= 15 is 0 Å². The lowest BCUT2D eigenvalue weighted by Gasteiger charge is -2.20. The van der Waals surface area contributed by atoms with E-state index in [1.165, 1.54) is 0 Å². The van der Waals surface area contributed by atoms with E-state index in [9.17, 15) is 19.8 Å². The molecule has 0 aliphatic carbocycles. The molecular formula is C17H25NO4. The Kier molecular flexibility index (Phi) is 6.56. The van der Waals surface area contributed by atoms with Gasteiger partial charge in [0.1, 0.15) is 12.1 Å². The topological polar surface area (TPSA) is 86.6 Å². The summed E-state index contributed by atoms with van der Waals surface area (Å²) in [5.41, 5.74) is 2.89. The molecule has 0 fully saturated rings. The number of aliphatic hydroxyl groups is 1. The molecule has 0 saturated heterocycles. The first-order valence-electron chi connectivity index (χ1n) is 7.48.